The molecule has 0 unspecified atom stereocenters. The Hall–Kier alpha value is -1.39. The average molecular weight is 205 g/mol. The van der Waals surface area contributed by atoms with Crippen molar-refractivity contribution in [3.63, 3.8) is 0 Å². The molecule has 2 aromatic rings. The van der Waals surface area contributed by atoms with Gasteiger partial charge < -0.3 is 10.4 Å². The molecule has 0 saturated heterocycles. The summed E-state index contributed by atoms with van der Waals surface area (Å²) in [5.74, 6) is 0. The number of nitrogens with zero attached hydrogens (tertiary/aromatic N) is 1. The number of para-hydroxylation sites is 1. The first-order valence-corrected chi connectivity index (χ1v) is 5.07. The maximum absolute atomic E-state index is 9.12. The summed E-state index contributed by atoms with van der Waals surface area (Å²) in [5, 5.41) is 20.4. The molecule has 0 saturated carbocycles. The first-order chi connectivity index (χ1) is 7.27. The lowest BCUT2D eigenvalue weighted by Crippen LogP contribution is -2.23. The maximum Gasteiger partial charge on any atom is 0.0695 e. The first kappa shape index (κ1) is 10.1. The molecule has 3 N–H and O–H groups in total. The van der Waals surface area contributed by atoms with Crippen LogP contribution >= 0.6 is 0 Å². The van der Waals surface area contributed by atoms with Crippen molar-refractivity contribution in [1.82, 2.24) is 15.5 Å². The Morgan fingerprint density at radius 2 is 2.40 bits per heavy atom. The summed E-state index contributed by atoms with van der Waals surface area (Å²) in [7, 11) is 0. The van der Waals surface area contributed by atoms with Crippen molar-refractivity contribution in [3.05, 3.63) is 30.0 Å². The highest BCUT2D eigenvalue weighted by Crippen LogP contribution is 2.14. The number of benzene rings is 1. The van der Waals surface area contributed by atoms with Gasteiger partial charge in [0, 0.05) is 18.5 Å². The third kappa shape index (κ3) is 2.34. The molecule has 0 spiro atoms. The molecule has 0 aliphatic heterocycles. The number of aromatic nitrogens is 2. The van der Waals surface area contributed by atoms with E-state index < -0.39 is 0 Å². The van der Waals surface area contributed by atoms with E-state index in [1.165, 1.54) is 5.56 Å². The van der Waals surface area contributed by atoms with E-state index in [0.29, 0.717) is 6.54 Å². The molecule has 0 amide bonds. The van der Waals surface area contributed by atoms with Crippen molar-refractivity contribution in [2.24, 2.45) is 0 Å². The Kier molecular flexibility index (Phi) is 2.99. The van der Waals surface area contributed by atoms with Crippen molar-refractivity contribution in [3.8, 4) is 0 Å². The van der Waals surface area contributed by atoms with Crippen LogP contribution in [0.4, 0.5) is 0 Å². The molecule has 15 heavy (non-hydrogen) atoms. The van der Waals surface area contributed by atoms with Crippen LogP contribution in [0, 0.1) is 0 Å². The second kappa shape index (κ2) is 4.42. The Labute approximate surface area is 88.3 Å². The van der Waals surface area contributed by atoms with Gasteiger partial charge in [0.25, 0.3) is 0 Å². The summed E-state index contributed by atoms with van der Waals surface area (Å²) in [6.45, 7) is 3.11. The molecule has 1 aromatic heterocycles. The van der Waals surface area contributed by atoms with Crippen LogP contribution in [-0.4, -0.2) is 28.0 Å². The normalized spacial score (nSPS) is 13.2. The predicted octanol–water partition coefficient (Wildman–Crippen LogP) is 1.03. The molecule has 2 rings (SSSR count). The second-order valence-electron chi connectivity index (χ2n) is 3.73. The molecule has 80 valence electrons. The number of H-pyrrole nitrogens is 1. The van der Waals surface area contributed by atoms with Gasteiger partial charge in [-0.25, -0.2) is 0 Å². The zero-order chi connectivity index (χ0) is 10.7. The van der Waals surface area contributed by atoms with Gasteiger partial charge >= 0.3 is 0 Å². The third-order valence-electron chi connectivity index (χ3n) is 2.32. The van der Waals surface area contributed by atoms with E-state index >= 15 is 0 Å². The smallest absolute Gasteiger partial charge is 0.0695 e. The van der Waals surface area contributed by atoms with Crippen molar-refractivity contribution in [2.75, 3.05) is 6.54 Å². The molecule has 0 bridgehead atoms. The molecule has 0 aliphatic rings. The van der Waals surface area contributed by atoms with Crippen LogP contribution in [0.1, 0.15) is 12.5 Å². The fourth-order valence-electron chi connectivity index (χ4n) is 1.59. The molecule has 1 heterocycles. The van der Waals surface area contributed by atoms with E-state index in [0.717, 1.165) is 17.4 Å². The molecule has 4 nitrogen and oxygen atoms in total. The quantitative estimate of drug-likeness (QED) is 0.698. The molecular weight excluding hydrogens is 190 g/mol. The average Bonchev–Trinajstić information content (AvgIpc) is 2.65. The van der Waals surface area contributed by atoms with Gasteiger partial charge in [0.1, 0.15) is 0 Å². The van der Waals surface area contributed by atoms with Gasteiger partial charge in [-0.2, -0.15) is 5.10 Å². The van der Waals surface area contributed by atoms with Crippen LogP contribution in [0.15, 0.2) is 24.4 Å². The molecule has 0 aliphatic carbocycles. The van der Waals surface area contributed by atoms with Gasteiger partial charge in [-0.15, -0.1) is 0 Å². The number of nitrogens with one attached hydrogen (secondary N) is 2. The Balaban J connectivity index is 2.10. The van der Waals surface area contributed by atoms with Crippen molar-refractivity contribution in [1.29, 1.82) is 0 Å². The summed E-state index contributed by atoms with van der Waals surface area (Å²) in [6, 6.07) is 6.09. The Morgan fingerprint density at radius 3 is 3.20 bits per heavy atom. The fourth-order valence-corrected chi connectivity index (χ4v) is 1.59. The number of hydrogen-bond acceptors (Lipinski definition) is 3. The Bertz CT molecular complexity index is 436. The summed E-state index contributed by atoms with van der Waals surface area (Å²) in [5.41, 5.74) is 2.24. The predicted molar refractivity (Wildman–Crippen MR) is 59.5 cm³/mol. The van der Waals surface area contributed by atoms with Gasteiger partial charge in [-0.05, 0) is 12.5 Å². The first-order valence-electron chi connectivity index (χ1n) is 5.07. The fraction of sp³-hybridized carbons (Fsp3) is 0.364. The molecule has 0 radical (unpaired) electrons. The summed E-state index contributed by atoms with van der Waals surface area (Å²) in [4.78, 5) is 0. The van der Waals surface area contributed by atoms with E-state index in [4.69, 9.17) is 5.11 Å². The zero-order valence-corrected chi connectivity index (χ0v) is 8.70. The van der Waals surface area contributed by atoms with Gasteiger partial charge in [-0.3, -0.25) is 5.10 Å². The number of fused-ring (bicyclic) bond motifs is 1. The van der Waals surface area contributed by atoms with Gasteiger partial charge in [-0.1, -0.05) is 18.2 Å². The molecule has 4 heteroatoms. The van der Waals surface area contributed by atoms with Crippen LogP contribution in [0.2, 0.25) is 0 Å². The molecular formula is C11H15N3O. The number of rotatable bonds is 4. The zero-order valence-electron chi connectivity index (χ0n) is 8.70. The van der Waals surface area contributed by atoms with Crippen LogP contribution in [0.3, 0.4) is 0 Å². The van der Waals surface area contributed by atoms with Crippen molar-refractivity contribution >= 4 is 10.9 Å². The maximum atomic E-state index is 9.12. The summed E-state index contributed by atoms with van der Waals surface area (Å²) < 4.78 is 0. The van der Waals surface area contributed by atoms with E-state index in [1.807, 2.05) is 18.3 Å². The van der Waals surface area contributed by atoms with Crippen molar-refractivity contribution < 1.29 is 5.11 Å². The van der Waals surface area contributed by atoms with E-state index in [-0.39, 0.29) is 6.10 Å². The lowest BCUT2D eigenvalue weighted by Gasteiger charge is -2.07. The number of aliphatic hydroxyl groups is 1. The van der Waals surface area contributed by atoms with Gasteiger partial charge in [0.2, 0.25) is 0 Å². The number of aliphatic hydroxyl groups excluding tert-OH is 1. The minimum atomic E-state index is -0.314. The molecule has 1 aromatic carbocycles. The second-order valence-corrected chi connectivity index (χ2v) is 3.73. The minimum absolute atomic E-state index is 0.314. The van der Waals surface area contributed by atoms with Gasteiger partial charge in [0.05, 0.1) is 17.8 Å². The molecule has 0 fully saturated rings. The monoisotopic (exact) mass is 205 g/mol. The van der Waals surface area contributed by atoms with E-state index in [9.17, 15) is 0 Å². The topological polar surface area (TPSA) is 60.9 Å². The van der Waals surface area contributed by atoms with Crippen LogP contribution in [0.5, 0.6) is 0 Å². The highest BCUT2D eigenvalue weighted by molar-refractivity contribution is 5.81. The lowest BCUT2D eigenvalue weighted by atomic mass is 10.1. The Morgan fingerprint density at radius 1 is 1.53 bits per heavy atom. The number of aromatic amines is 1. The highest BCUT2D eigenvalue weighted by atomic mass is 16.3. The minimum Gasteiger partial charge on any atom is -0.392 e. The van der Waals surface area contributed by atoms with Crippen LogP contribution in [0.25, 0.3) is 10.9 Å². The van der Waals surface area contributed by atoms with Gasteiger partial charge in [0.15, 0.2) is 0 Å². The summed E-state index contributed by atoms with van der Waals surface area (Å²) in [6.07, 6.45) is 1.50. The van der Waals surface area contributed by atoms with E-state index in [1.54, 1.807) is 6.92 Å². The third-order valence-corrected chi connectivity index (χ3v) is 2.32. The largest absolute Gasteiger partial charge is 0.392 e. The molecule has 1 atom stereocenters. The lowest BCUT2D eigenvalue weighted by molar-refractivity contribution is 0.191. The van der Waals surface area contributed by atoms with Crippen molar-refractivity contribution in [2.45, 2.75) is 19.6 Å². The van der Waals surface area contributed by atoms with Crippen LogP contribution in [-0.2, 0) is 6.54 Å². The van der Waals surface area contributed by atoms with Crippen LogP contribution < -0.4 is 5.32 Å². The van der Waals surface area contributed by atoms with E-state index in [2.05, 4.69) is 21.6 Å². The highest BCUT2D eigenvalue weighted by Gasteiger charge is 2.02. The number of hydrogen-bond donors (Lipinski definition) is 3. The SMILES string of the molecule is C[C@@H](O)CNCc1cccc2cn[nH]c12. The standard InChI is InChI=1S/C11H15N3O/c1-8(15)5-12-6-9-3-2-4-10-7-13-14-11(9)10/h2-4,7-8,12,15H,5-6H2,1H3,(H,13,14)/t8-/m1/s1. The summed E-state index contributed by atoms with van der Waals surface area (Å²) >= 11 is 0.